The van der Waals surface area contributed by atoms with Crippen molar-refractivity contribution in [3.63, 3.8) is 0 Å². The van der Waals surface area contributed by atoms with E-state index in [1.165, 1.54) is 5.57 Å². The number of aryl methyl sites for hydroxylation is 1. The zero-order valence-corrected chi connectivity index (χ0v) is 29.9. The van der Waals surface area contributed by atoms with E-state index in [9.17, 15) is 5.11 Å². The highest BCUT2D eigenvalue weighted by atomic mass is 32.1. The Morgan fingerprint density at radius 3 is 2.08 bits per heavy atom. The third kappa shape index (κ3) is 11.1. The Morgan fingerprint density at radius 1 is 1.03 bits per heavy atom. The molecule has 1 aromatic rings. The fourth-order valence-electron chi connectivity index (χ4n) is 3.68. The van der Waals surface area contributed by atoms with Gasteiger partial charge in [-0.3, -0.25) is 0 Å². The summed E-state index contributed by atoms with van der Waals surface area (Å²) in [7, 11) is -3.70. The Labute approximate surface area is 241 Å². The lowest BCUT2D eigenvalue weighted by Gasteiger charge is -2.39. The molecular formula is C31H59NO3SSi2. The van der Waals surface area contributed by atoms with Crippen molar-refractivity contribution in [2.24, 2.45) is 11.8 Å². The van der Waals surface area contributed by atoms with E-state index in [2.05, 4.69) is 111 Å². The van der Waals surface area contributed by atoms with Crippen LogP contribution in [0.2, 0.25) is 36.3 Å². The second-order valence-electron chi connectivity index (χ2n) is 14.4. The maximum absolute atomic E-state index is 10.3. The molecule has 1 N–H and O–H groups in total. The lowest BCUT2D eigenvalue weighted by Crippen LogP contribution is -2.44. The molecule has 7 heteroatoms. The standard InChI is InChI=1S/C31H59NO3SSi2/c1-23(21-34-37(11,12)30(5,6)7)15-16-24(2)27(20-33)17-18-29(35-38(13,14)31(8,9)10)25(3)19-28-22-36-26(4)32-28/h17,19,22-24,29,33H,15-16,18,20-21H2,1-14H3/b25-19+,27-17-/t23-,24?,29-/m0/s1. The molecule has 220 valence electrons. The first-order chi connectivity index (χ1) is 17.2. The highest BCUT2D eigenvalue weighted by Crippen LogP contribution is 2.39. The molecule has 0 saturated heterocycles. The smallest absolute Gasteiger partial charge is 0.192 e. The van der Waals surface area contributed by atoms with E-state index in [-0.39, 0.29) is 22.8 Å². The fraction of sp³-hybridized carbons (Fsp3) is 0.774. The Morgan fingerprint density at radius 2 is 1.61 bits per heavy atom. The summed E-state index contributed by atoms with van der Waals surface area (Å²) < 4.78 is 13.4. The van der Waals surface area contributed by atoms with Crippen molar-refractivity contribution in [2.75, 3.05) is 13.2 Å². The molecule has 1 aromatic heterocycles. The van der Waals surface area contributed by atoms with E-state index < -0.39 is 16.6 Å². The van der Waals surface area contributed by atoms with Gasteiger partial charge in [-0.2, -0.15) is 0 Å². The number of aromatic nitrogens is 1. The van der Waals surface area contributed by atoms with Gasteiger partial charge in [-0.25, -0.2) is 4.98 Å². The molecule has 0 aliphatic rings. The highest BCUT2D eigenvalue weighted by Gasteiger charge is 2.39. The number of nitrogens with zero attached hydrogens (tertiary/aromatic N) is 1. The molecule has 0 bridgehead atoms. The molecule has 0 fully saturated rings. The van der Waals surface area contributed by atoms with Crippen LogP contribution in [0.3, 0.4) is 0 Å². The lowest BCUT2D eigenvalue weighted by atomic mass is 9.91. The number of aliphatic hydroxyl groups is 1. The molecule has 1 rings (SSSR count). The molecule has 0 aliphatic carbocycles. The van der Waals surface area contributed by atoms with Crippen LogP contribution in [0, 0.1) is 18.8 Å². The number of aliphatic hydroxyl groups excluding tert-OH is 1. The van der Waals surface area contributed by atoms with Crippen LogP contribution in [0.4, 0.5) is 0 Å². The van der Waals surface area contributed by atoms with Gasteiger partial charge in [-0.1, -0.05) is 61.5 Å². The molecule has 38 heavy (non-hydrogen) atoms. The normalized spacial score (nSPS) is 17.0. The first kappa shape index (κ1) is 35.5. The quantitative estimate of drug-likeness (QED) is 0.175. The van der Waals surface area contributed by atoms with Gasteiger partial charge in [-0.05, 0) is 98.4 Å². The topological polar surface area (TPSA) is 51.6 Å². The molecule has 3 atom stereocenters. The fourth-order valence-corrected chi connectivity index (χ4v) is 6.73. The molecule has 0 amide bonds. The summed E-state index contributed by atoms with van der Waals surface area (Å²) in [6.45, 7) is 32.7. The van der Waals surface area contributed by atoms with Crippen molar-refractivity contribution in [2.45, 2.75) is 131 Å². The molecule has 0 spiro atoms. The number of thiazole rings is 1. The first-order valence-corrected chi connectivity index (χ1v) is 21.1. The third-order valence-corrected chi connectivity index (χ3v) is 18.6. The number of rotatable bonds is 14. The molecule has 0 saturated carbocycles. The van der Waals surface area contributed by atoms with Crippen molar-refractivity contribution in [3.05, 3.63) is 33.3 Å². The SMILES string of the molecule is C/C(=C\c1csc(C)n1)[C@H](C/C=C(/CO)C(C)CC[C@H](C)CO[Si](C)(C)C(C)(C)C)O[Si](C)(C)C(C)(C)C. The van der Waals surface area contributed by atoms with Crippen molar-refractivity contribution < 1.29 is 14.0 Å². The molecule has 4 nitrogen and oxygen atoms in total. The molecule has 1 unspecified atom stereocenters. The van der Waals surface area contributed by atoms with Crippen LogP contribution in [0.1, 0.15) is 92.3 Å². The summed E-state index contributed by atoms with van der Waals surface area (Å²) in [5.41, 5.74) is 3.31. The largest absolute Gasteiger partial charge is 0.417 e. The van der Waals surface area contributed by atoms with Gasteiger partial charge >= 0.3 is 0 Å². The summed E-state index contributed by atoms with van der Waals surface area (Å²) in [5.74, 6) is 0.835. The van der Waals surface area contributed by atoms with Crippen molar-refractivity contribution >= 4 is 34.0 Å². The Kier molecular flexibility index (Phi) is 13.4. The van der Waals surface area contributed by atoms with Crippen LogP contribution in [0.25, 0.3) is 6.08 Å². The zero-order valence-electron chi connectivity index (χ0n) is 27.1. The van der Waals surface area contributed by atoms with E-state index in [0.29, 0.717) is 11.8 Å². The zero-order chi connectivity index (χ0) is 29.5. The van der Waals surface area contributed by atoms with Gasteiger partial charge in [0.2, 0.25) is 0 Å². The third-order valence-electron chi connectivity index (χ3n) is 8.80. The maximum Gasteiger partial charge on any atom is 0.192 e. The Bertz CT molecular complexity index is 922. The summed E-state index contributed by atoms with van der Waals surface area (Å²) in [6.07, 6.45) is 7.30. The van der Waals surface area contributed by atoms with E-state index in [1.54, 1.807) is 11.3 Å². The van der Waals surface area contributed by atoms with Crippen LogP contribution in [-0.2, 0) is 8.85 Å². The van der Waals surface area contributed by atoms with Crippen molar-refractivity contribution in [1.82, 2.24) is 4.98 Å². The minimum atomic E-state index is -1.98. The van der Waals surface area contributed by atoms with Gasteiger partial charge in [0.15, 0.2) is 16.6 Å². The summed E-state index contributed by atoms with van der Waals surface area (Å²) in [6, 6.07) is 0. The number of hydrogen-bond donors (Lipinski definition) is 1. The van der Waals surface area contributed by atoms with Gasteiger partial charge < -0.3 is 14.0 Å². The summed E-state index contributed by atoms with van der Waals surface area (Å²) in [5, 5.41) is 13.8. The van der Waals surface area contributed by atoms with E-state index in [4.69, 9.17) is 8.85 Å². The van der Waals surface area contributed by atoms with Crippen LogP contribution >= 0.6 is 11.3 Å². The molecule has 0 aromatic carbocycles. The van der Waals surface area contributed by atoms with E-state index in [0.717, 1.165) is 42.1 Å². The van der Waals surface area contributed by atoms with Crippen LogP contribution in [0.5, 0.6) is 0 Å². The Hall–Kier alpha value is -0.576. The number of hydrogen-bond acceptors (Lipinski definition) is 5. The van der Waals surface area contributed by atoms with Gasteiger partial charge in [0.1, 0.15) is 0 Å². The first-order valence-electron chi connectivity index (χ1n) is 14.4. The second-order valence-corrected chi connectivity index (χ2v) is 25.0. The minimum Gasteiger partial charge on any atom is -0.417 e. The monoisotopic (exact) mass is 581 g/mol. The second kappa shape index (κ2) is 14.4. The average molecular weight is 582 g/mol. The van der Waals surface area contributed by atoms with Crippen molar-refractivity contribution in [3.8, 4) is 0 Å². The minimum absolute atomic E-state index is 0.0245. The summed E-state index contributed by atoms with van der Waals surface area (Å²) >= 11 is 1.68. The molecule has 0 radical (unpaired) electrons. The highest BCUT2D eigenvalue weighted by molar-refractivity contribution is 7.09. The molecule has 1 heterocycles. The summed E-state index contributed by atoms with van der Waals surface area (Å²) in [4.78, 5) is 4.64. The predicted molar refractivity (Wildman–Crippen MR) is 173 cm³/mol. The predicted octanol–water partition coefficient (Wildman–Crippen LogP) is 9.63. The van der Waals surface area contributed by atoms with Crippen LogP contribution in [-0.4, -0.2) is 46.0 Å². The van der Waals surface area contributed by atoms with E-state index in [1.807, 2.05) is 6.92 Å². The average Bonchev–Trinajstić information content (AvgIpc) is 3.18. The Balaban J connectivity index is 2.95. The van der Waals surface area contributed by atoms with Crippen molar-refractivity contribution in [1.29, 1.82) is 0 Å². The van der Waals surface area contributed by atoms with Gasteiger partial charge in [0, 0.05) is 12.0 Å². The lowest BCUT2D eigenvalue weighted by molar-refractivity contribution is 0.215. The molecule has 0 aliphatic heterocycles. The molecular weight excluding hydrogens is 523 g/mol. The van der Waals surface area contributed by atoms with Gasteiger partial charge in [0.25, 0.3) is 0 Å². The van der Waals surface area contributed by atoms with Gasteiger partial charge in [0.05, 0.1) is 23.4 Å². The van der Waals surface area contributed by atoms with E-state index >= 15 is 0 Å². The van der Waals surface area contributed by atoms with Crippen LogP contribution in [0.15, 0.2) is 22.6 Å². The maximum atomic E-state index is 10.3. The van der Waals surface area contributed by atoms with Crippen LogP contribution < -0.4 is 0 Å². The van der Waals surface area contributed by atoms with Gasteiger partial charge in [-0.15, -0.1) is 11.3 Å².